The van der Waals surface area contributed by atoms with Gasteiger partial charge in [-0.25, -0.2) is 9.97 Å². The maximum absolute atomic E-state index is 6.11. The van der Waals surface area contributed by atoms with Crippen molar-refractivity contribution >= 4 is 22.8 Å². The van der Waals surface area contributed by atoms with E-state index in [-0.39, 0.29) is 0 Å². The topological polar surface area (TPSA) is 41.6 Å². The van der Waals surface area contributed by atoms with Gasteiger partial charge in [-0.2, -0.15) is 0 Å². The average molecular weight is 230 g/mol. The molecule has 0 saturated carbocycles. The van der Waals surface area contributed by atoms with E-state index in [1.807, 2.05) is 36.4 Å². The SMILES string of the molecule is Clc1ccccc1-c1nc2ncccc2[nH]1. The number of benzene rings is 1. The third-order valence-corrected chi connectivity index (χ3v) is 2.72. The Kier molecular flexibility index (Phi) is 2.11. The van der Waals surface area contributed by atoms with Crippen LogP contribution in [0.4, 0.5) is 0 Å². The zero-order valence-corrected chi connectivity index (χ0v) is 9.07. The normalized spacial score (nSPS) is 10.8. The fourth-order valence-electron chi connectivity index (χ4n) is 1.63. The van der Waals surface area contributed by atoms with Crippen molar-refractivity contribution in [2.75, 3.05) is 0 Å². The Balaban J connectivity index is 2.23. The summed E-state index contributed by atoms with van der Waals surface area (Å²) in [5, 5.41) is 0.682. The van der Waals surface area contributed by atoms with Crippen molar-refractivity contribution in [3.8, 4) is 11.4 Å². The first-order valence-corrected chi connectivity index (χ1v) is 5.28. The number of H-pyrrole nitrogens is 1. The molecule has 78 valence electrons. The summed E-state index contributed by atoms with van der Waals surface area (Å²) in [6.45, 7) is 0. The summed E-state index contributed by atoms with van der Waals surface area (Å²) in [7, 11) is 0. The summed E-state index contributed by atoms with van der Waals surface area (Å²) in [6.07, 6.45) is 1.72. The molecular formula is C12H8ClN3. The maximum Gasteiger partial charge on any atom is 0.178 e. The zero-order valence-electron chi connectivity index (χ0n) is 8.31. The molecule has 3 rings (SSSR count). The van der Waals surface area contributed by atoms with E-state index in [9.17, 15) is 0 Å². The minimum atomic E-state index is 0.682. The van der Waals surface area contributed by atoms with Crippen LogP contribution in [0.15, 0.2) is 42.6 Å². The second-order valence-corrected chi connectivity index (χ2v) is 3.85. The van der Waals surface area contributed by atoms with E-state index in [1.165, 1.54) is 0 Å². The lowest BCUT2D eigenvalue weighted by molar-refractivity contribution is 1.30. The number of imidazole rings is 1. The number of hydrogen-bond donors (Lipinski definition) is 1. The van der Waals surface area contributed by atoms with E-state index in [2.05, 4.69) is 15.0 Å². The zero-order chi connectivity index (χ0) is 11.0. The first-order valence-electron chi connectivity index (χ1n) is 4.90. The van der Waals surface area contributed by atoms with Crippen molar-refractivity contribution in [1.82, 2.24) is 15.0 Å². The van der Waals surface area contributed by atoms with Crippen molar-refractivity contribution in [2.45, 2.75) is 0 Å². The largest absolute Gasteiger partial charge is 0.337 e. The van der Waals surface area contributed by atoms with Gasteiger partial charge >= 0.3 is 0 Å². The van der Waals surface area contributed by atoms with Crippen LogP contribution >= 0.6 is 11.6 Å². The van der Waals surface area contributed by atoms with Crippen LogP contribution in [0.2, 0.25) is 5.02 Å². The molecule has 3 aromatic rings. The lowest BCUT2D eigenvalue weighted by Crippen LogP contribution is -1.80. The second kappa shape index (κ2) is 3.61. The number of hydrogen-bond acceptors (Lipinski definition) is 2. The smallest absolute Gasteiger partial charge is 0.178 e. The van der Waals surface area contributed by atoms with Crippen molar-refractivity contribution in [3.05, 3.63) is 47.6 Å². The Morgan fingerprint density at radius 1 is 1.06 bits per heavy atom. The minimum Gasteiger partial charge on any atom is -0.337 e. The van der Waals surface area contributed by atoms with Gasteiger partial charge in [0.2, 0.25) is 0 Å². The van der Waals surface area contributed by atoms with E-state index >= 15 is 0 Å². The quantitative estimate of drug-likeness (QED) is 0.696. The van der Waals surface area contributed by atoms with Crippen LogP contribution in [0.5, 0.6) is 0 Å². The van der Waals surface area contributed by atoms with Crippen molar-refractivity contribution in [3.63, 3.8) is 0 Å². The number of pyridine rings is 1. The van der Waals surface area contributed by atoms with Gasteiger partial charge in [0, 0.05) is 11.8 Å². The molecule has 0 atom stereocenters. The Morgan fingerprint density at radius 2 is 1.94 bits per heavy atom. The fraction of sp³-hybridized carbons (Fsp3) is 0. The molecule has 2 aromatic heterocycles. The molecule has 0 saturated heterocycles. The Morgan fingerprint density at radius 3 is 2.75 bits per heavy atom. The highest BCUT2D eigenvalue weighted by atomic mass is 35.5. The molecule has 2 heterocycles. The van der Waals surface area contributed by atoms with E-state index in [0.29, 0.717) is 10.7 Å². The van der Waals surface area contributed by atoms with Crippen LogP contribution in [0.1, 0.15) is 0 Å². The lowest BCUT2D eigenvalue weighted by atomic mass is 10.2. The maximum atomic E-state index is 6.11. The van der Waals surface area contributed by atoms with Crippen LogP contribution in [-0.4, -0.2) is 15.0 Å². The van der Waals surface area contributed by atoms with Crippen LogP contribution in [-0.2, 0) is 0 Å². The molecule has 0 fully saturated rings. The molecule has 0 aliphatic heterocycles. The van der Waals surface area contributed by atoms with Gasteiger partial charge in [-0.3, -0.25) is 0 Å². The number of aromatic nitrogens is 3. The molecule has 0 amide bonds. The summed E-state index contributed by atoms with van der Waals surface area (Å²) in [6, 6.07) is 11.4. The highest BCUT2D eigenvalue weighted by Gasteiger charge is 2.07. The molecule has 0 unspecified atom stereocenters. The number of halogens is 1. The lowest BCUT2D eigenvalue weighted by Gasteiger charge is -1.98. The van der Waals surface area contributed by atoms with Crippen molar-refractivity contribution in [2.24, 2.45) is 0 Å². The molecule has 0 aliphatic rings. The van der Waals surface area contributed by atoms with E-state index in [1.54, 1.807) is 6.20 Å². The van der Waals surface area contributed by atoms with E-state index < -0.39 is 0 Å². The predicted octanol–water partition coefficient (Wildman–Crippen LogP) is 3.28. The van der Waals surface area contributed by atoms with Gasteiger partial charge < -0.3 is 4.98 Å². The van der Waals surface area contributed by atoms with Crippen LogP contribution < -0.4 is 0 Å². The third-order valence-electron chi connectivity index (χ3n) is 2.39. The monoisotopic (exact) mass is 229 g/mol. The molecule has 0 radical (unpaired) electrons. The van der Waals surface area contributed by atoms with Gasteiger partial charge in [0.1, 0.15) is 5.82 Å². The second-order valence-electron chi connectivity index (χ2n) is 3.44. The highest BCUT2D eigenvalue weighted by molar-refractivity contribution is 6.33. The predicted molar refractivity (Wildman–Crippen MR) is 64.3 cm³/mol. The number of nitrogens with one attached hydrogen (secondary N) is 1. The highest BCUT2D eigenvalue weighted by Crippen LogP contribution is 2.26. The van der Waals surface area contributed by atoms with Crippen LogP contribution in [0, 0.1) is 0 Å². The first kappa shape index (κ1) is 9.36. The summed E-state index contributed by atoms with van der Waals surface area (Å²) < 4.78 is 0. The average Bonchev–Trinajstić information content (AvgIpc) is 2.73. The van der Waals surface area contributed by atoms with Gasteiger partial charge in [0.15, 0.2) is 5.65 Å². The fourth-order valence-corrected chi connectivity index (χ4v) is 1.85. The molecule has 16 heavy (non-hydrogen) atoms. The molecule has 0 bridgehead atoms. The standard InChI is InChI=1S/C12H8ClN3/c13-9-5-2-1-4-8(9)11-15-10-6-3-7-14-12(10)16-11/h1-7H,(H,14,15,16). The molecule has 3 nitrogen and oxygen atoms in total. The van der Waals surface area contributed by atoms with E-state index in [4.69, 9.17) is 11.6 Å². The number of fused-ring (bicyclic) bond motifs is 1. The minimum absolute atomic E-state index is 0.682. The summed E-state index contributed by atoms with van der Waals surface area (Å²) in [4.78, 5) is 11.8. The Bertz CT molecular complexity index is 612. The summed E-state index contributed by atoms with van der Waals surface area (Å²) in [5.74, 6) is 0.749. The van der Waals surface area contributed by atoms with Gasteiger partial charge in [0.25, 0.3) is 0 Å². The number of rotatable bonds is 1. The van der Waals surface area contributed by atoms with Crippen LogP contribution in [0.3, 0.4) is 0 Å². The van der Waals surface area contributed by atoms with Crippen molar-refractivity contribution in [1.29, 1.82) is 0 Å². The molecule has 0 spiro atoms. The van der Waals surface area contributed by atoms with Gasteiger partial charge in [-0.05, 0) is 24.3 Å². The number of aromatic amines is 1. The summed E-state index contributed by atoms with van der Waals surface area (Å²) >= 11 is 6.11. The number of nitrogens with zero attached hydrogens (tertiary/aromatic N) is 2. The summed E-state index contributed by atoms with van der Waals surface area (Å²) in [5.41, 5.74) is 2.51. The Hall–Kier alpha value is -1.87. The van der Waals surface area contributed by atoms with Crippen molar-refractivity contribution < 1.29 is 0 Å². The molecule has 1 N–H and O–H groups in total. The molecular weight excluding hydrogens is 222 g/mol. The molecule has 0 aliphatic carbocycles. The Labute approximate surface area is 97.1 Å². The van der Waals surface area contributed by atoms with Gasteiger partial charge in [-0.15, -0.1) is 0 Å². The molecule has 1 aromatic carbocycles. The first-order chi connectivity index (χ1) is 7.84. The van der Waals surface area contributed by atoms with Gasteiger partial charge in [-0.1, -0.05) is 23.7 Å². The molecule has 4 heteroatoms. The van der Waals surface area contributed by atoms with Crippen LogP contribution in [0.25, 0.3) is 22.6 Å². The van der Waals surface area contributed by atoms with E-state index in [0.717, 1.165) is 16.9 Å². The van der Waals surface area contributed by atoms with Gasteiger partial charge in [0.05, 0.1) is 10.5 Å². The third kappa shape index (κ3) is 1.46.